The zero-order chi connectivity index (χ0) is 11.9. The molecule has 1 unspecified atom stereocenters. The molecule has 0 amide bonds. The smallest absolute Gasteiger partial charge is 0.0791 e. The molecule has 0 aromatic rings. The molecule has 0 aliphatic carbocycles. The number of likely N-dealkylation sites (N-methyl/N-ethyl adjacent to an activating group) is 1. The first-order valence-electron chi connectivity index (χ1n) is 5.68. The molecule has 0 rings (SSSR count). The highest BCUT2D eigenvalue weighted by molar-refractivity contribution is 4.85. The molecule has 0 aromatic carbocycles. The summed E-state index contributed by atoms with van der Waals surface area (Å²) in [5, 5.41) is 22.3. The molecule has 4 nitrogen and oxygen atoms in total. The fourth-order valence-electron chi connectivity index (χ4n) is 1.60. The standard InChI is InChI=1S/C11H26N2O2/c1-5-11(6-2,9-14)12-7-10(15)8-13(3)4/h10,12,14-15H,5-9H2,1-4H3. The van der Waals surface area contributed by atoms with Crippen molar-refractivity contribution in [1.82, 2.24) is 10.2 Å². The quantitative estimate of drug-likeness (QED) is 0.539. The lowest BCUT2D eigenvalue weighted by atomic mass is 9.93. The molecule has 3 N–H and O–H groups in total. The van der Waals surface area contributed by atoms with Crippen LogP contribution in [0.5, 0.6) is 0 Å². The third-order valence-electron chi connectivity index (χ3n) is 2.94. The molecule has 4 heteroatoms. The molecule has 0 spiro atoms. The predicted molar refractivity (Wildman–Crippen MR) is 63.0 cm³/mol. The minimum atomic E-state index is -0.385. The fourth-order valence-corrected chi connectivity index (χ4v) is 1.60. The normalized spacial score (nSPS) is 14.6. The fraction of sp³-hybridized carbons (Fsp3) is 1.00. The Labute approximate surface area is 93.3 Å². The highest BCUT2D eigenvalue weighted by Gasteiger charge is 2.25. The van der Waals surface area contributed by atoms with Gasteiger partial charge in [-0.15, -0.1) is 0 Å². The van der Waals surface area contributed by atoms with Gasteiger partial charge in [0, 0.05) is 18.6 Å². The van der Waals surface area contributed by atoms with Gasteiger partial charge < -0.3 is 20.4 Å². The summed E-state index contributed by atoms with van der Waals surface area (Å²) in [6.07, 6.45) is 1.35. The summed E-state index contributed by atoms with van der Waals surface area (Å²) in [5.74, 6) is 0. The first-order valence-corrected chi connectivity index (χ1v) is 5.68. The Kier molecular flexibility index (Phi) is 7.09. The van der Waals surface area contributed by atoms with Gasteiger partial charge in [0.25, 0.3) is 0 Å². The van der Waals surface area contributed by atoms with Gasteiger partial charge in [-0.25, -0.2) is 0 Å². The highest BCUT2D eigenvalue weighted by atomic mass is 16.3. The summed E-state index contributed by atoms with van der Waals surface area (Å²) in [4.78, 5) is 1.95. The monoisotopic (exact) mass is 218 g/mol. The Morgan fingerprint density at radius 2 is 1.80 bits per heavy atom. The Bertz CT molecular complexity index is 150. The van der Waals surface area contributed by atoms with Crippen LogP contribution in [0.3, 0.4) is 0 Å². The molecule has 0 heterocycles. The SMILES string of the molecule is CCC(CC)(CO)NCC(O)CN(C)C. The van der Waals surface area contributed by atoms with Gasteiger partial charge >= 0.3 is 0 Å². The molecule has 0 fully saturated rings. The summed E-state index contributed by atoms with van der Waals surface area (Å²) in [6, 6.07) is 0. The molecule has 15 heavy (non-hydrogen) atoms. The van der Waals surface area contributed by atoms with E-state index in [1.807, 2.05) is 32.8 Å². The first-order chi connectivity index (χ1) is 6.99. The lowest BCUT2D eigenvalue weighted by molar-refractivity contribution is 0.0982. The van der Waals surface area contributed by atoms with Gasteiger partial charge in [0.05, 0.1) is 12.7 Å². The van der Waals surface area contributed by atoms with Crippen LogP contribution in [0.4, 0.5) is 0 Å². The second-order valence-corrected chi connectivity index (χ2v) is 4.44. The maximum absolute atomic E-state index is 9.68. The molecule has 0 aromatic heterocycles. The molecule has 0 saturated heterocycles. The van der Waals surface area contributed by atoms with Gasteiger partial charge in [0.15, 0.2) is 0 Å². The van der Waals surface area contributed by atoms with E-state index in [0.717, 1.165) is 12.8 Å². The van der Waals surface area contributed by atoms with Gasteiger partial charge in [0.1, 0.15) is 0 Å². The summed E-state index contributed by atoms with van der Waals surface area (Å²) in [5.41, 5.74) is -0.229. The Balaban J connectivity index is 3.99. The summed E-state index contributed by atoms with van der Waals surface area (Å²) in [7, 11) is 3.87. The van der Waals surface area contributed by atoms with Crippen molar-refractivity contribution in [2.45, 2.75) is 38.3 Å². The number of hydrogen-bond acceptors (Lipinski definition) is 4. The molecule has 0 saturated carbocycles. The Morgan fingerprint density at radius 1 is 1.27 bits per heavy atom. The van der Waals surface area contributed by atoms with Gasteiger partial charge in [-0.05, 0) is 26.9 Å². The van der Waals surface area contributed by atoms with Crippen LogP contribution in [0, 0.1) is 0 Å². The van der Waals surface area contributed by atoms with E-state index in [4.69, 9.17) is 0 Å². The van der Waals surface area contributed by atoms with Gasteiger partial charge in [-0.1, -0.05) is 13.8 Å². The number of aliphatic hydroxyl groups excluding tert-OH is 2. The zero-order valence-electron chi connectivity index (χ0n) is 10.5. The minimum Gasteiger partial charge on any atom is -0.394 e. The van der Waals surface area contributed by atoms with E-state index in [0.29, 0.717) is 13.1 Å². The summed E-state index contributed by atoms with van der Waals surface area (Å²) < 4.78 is 0. The van der Waals surface area contributed by atoms with Crippen molar-refractivity contribution in [2.75, 3.05) is 33.8 Å². The van der Waals surface area contributed by atoms with E-state index in [9.17, 15) is 10.2 Å². The number of nitrogens with one attached hydrogen (secondary N) is 1. The average molecular weight is 218 g/mol. The van der Waals surface area contributed by atoms with Crippen LogP contribution >= 0.6 is 0 Å². The van der Waals surface area contributed by atoms with Crippen LogP contribution in [-0.4, -0.2) is 60.5 Å². The molecular weight excluding hydrogens is 192 g/mol. The van der Waals surface area contributed by atoms with E-state index >= 15 is 0 Å². The lowest BCUT2D eigenvalue weighted by Crippen LogP contribution is -2.51. The van der Waals surface area contributed by atoms with Crippen molar-refractivity contribution in [3.8, 4) is 0 Å². The number of hydrogen-bond donors (Lipinski definition) is 3. The van der Waals surface area contributed by atoms with Crippen LogP contribution < -0.4 is 5.32 Å². The molecule has 0 aliphatic heterocycles. The minimum absolute atomic E-state index is 0.120. The van der Waals surface area contributed by atoms with Crippen molar-refractivity contribution in [3.05, 3.63) is 0 Å². The topological polar surface area (TPSA) is 55.7 Å². The zero-order valence-corrected chi connectivity index (χ0v) is 10.5. The van der Waals surface area contributed by atoms with Crippen LogP contribution in [0.2, 0.25) is 0 Å². The average Bonchev–Trinajstić information content (AvgIpc) is 2.20. The van der Waals surface area contributed by atoms with Gasteiger partial charge in [-0.2, -0.15) is 0 Å². The maximum Gasteiger partial charge on any atom is 0.0791 e. The second kappa shape index (κ2) is 7.17. The van der Waals surface area contributed by atoms with E-state index in [-0.39, 0.29) is 18.2 Å². The summed E-state index contributed by atoms with van der Waals surface area (Å²) >= 11 is 0. The van der Waals surface area contributed by atoms with Crippen molar-refractivity contribution in [1.29, 1.82) is 0 Å². The van der Waals surface area contributed by atoms with Crippen LogP contribution in [0.25, 0.3) is 0 Å². The molecule has 92 valence electrons. The van der Waals surface area contributed by atoms with E-state index < -0.39 is 0 Å². The van der Waals surface area contributed by atoms with Crippen LogP contribution in [0.1, 0.15) is 26.7 Å². The second-order valence-electron chi connectivity index (χ2n) is 4.44. The number of nitrogens with zero attached hydrogens (tertiary/aromatic N) is 1. The molecule has 0 radical (unpaired) electrons. The summed E-state index contributed by atoms with van der Waals surface area (Å²) in [6.45, 7) is 5.38. The predicted octanol–water partition coefficient (Wildman–Crippen LogP) is 0.0496. The molecule has 0 bridgehead atoms. The number of aliphatic hydroxyl groups is 2. The van der Waals surface area contributed by atoms with E-state index in [2.05, 4.69) is 5.32 Å². The maximum atomic E-state index is 9.68. The van der Waals surface area contributed by atoms with Crippen molar-refractivity contribution in [2.24, 2.45) is 0 Å². The van der Waals surface area contributed by atoms with Crippen molar-refractivity contribution >= 4 is 0 Å². The number of β-amino-alcohol motifs (C(OH)–C–C–N with tert-alkyl or cyclic N) is 1. The molecule has 1 atom stereocenters. The number of rotatable bonds is 8. The Morgan fingerprint density at radius 3 is 2.13 bits per heavy atom. The van der Waals surface area contributed by atoms with E-state index in [1.54, 1.807) is 0 Å². The van der Waals surface area contributed by atoms with E-state index in [1.165, 1.54) is 0 Å². The third kappa shape index (κ3) is 5.47. The largest absolute Gasteiger partial charge is 0.394 e. The Hall–Kier alpha value is -0.160. The van der Waals surface area contributed by atoms with Crippen LogP contribution in [-0.2, 0) is 0 Å². The van der Waals surface area contributed by atoms with Gasteiger partial charge in [0.2, 0.25) is 0 Å². The molecule has 0 aliphatic rings. The highest BCUT2D eigenvalue weighted by Crippen LogP contribution is 2.13. The lowest BCUT2D eigenvalue weighted by Gasteiger charge is -2.32. The van der Waals surface area contributed by atoms with Crippen LogP contribution in [0.15, 0.2) is 0 Å². The van der Waals surface area contributed by atoms with Crippen molar-refractivity contribution in [3.63, 3.8) is 0 Å². The first kappa shape index (κ1) is 14.8. The van der Waals surface area contributed by atoms with Crippen molar-refractivity contribution < 1.29 is 10.2 Å². The van der Waals surface area contributed by atoms with Gasteiger partial charge in [-0.3, -0.25) is 0 Å². The molecular formula is C11H26N2O2. The third-order valence-corrected chi connectivity index (χ3v) is 2.94.